The molecular weight excluding hydrogens is 268 g/mol. The summed E-state index contributed by atoms with van der Waals surface area (Å²) in [6.07, 6.45) is 0.740. The van der Waals surface area contributed by atoms with E-state index in [0.29, 0.717) is 16.8 Å². The number of benzene rings is 2. The molecule has 0 fully saturated rings. The van der Waals surface area contributed by atoms with E-state index in [1.807, 2.05) is 25.1 Å². The van der Waals surface area contributed by atoms with Gasteiger partial charge in [0.05, 0.1) is 16.2 Å². The Bertz CT molecular complexity index is 865. The Morgan fingerprint density at radius 1 is 1.19 bits per heavy atom. The fraction of sp³-hybridized carbons (Fsp3) is 0.0625. The lowest BCUT2D eigenvalue weighted by Gasteiger charge is -2.01. The third kappa shape index (κ3) is 2.08. The average Bonchev–Trinajstić information content (AvgIpc) is 2.84. The number of aldehydes is 1. The van der Waals surface area contributed by atoms with Gasteiger partial charge in [-0.15, -0.1) is 0 Å². The lowest BCUT2D eigenvalue weighted by Crippen LogP contribution is -1.93. The Morgan fingerprint density at radius 3 is 2.67 bits per heavy atom. The van der Waals surface area contributed by atoms with E-state index in [1.54, 1.807) is 18.2 Å². The van der Waals surface area contributed by atoms with Gasteiger partial charge >= 0.3 is 0 Å². The normalized spacial score (nSPS) is 10.7. The van der Waals surface area contributed by atoms with Crippen molar-refractivity contribution >= 4 is 22.9 Å². The van der Waals surface area contributed by atoms with E-state index < -0.39 is 4.92 Å². The SMILES string of the molecule is Cc1ccc2[nH]c(-c3ccccc3[N+](=O)[O-])c(C=O)c2c1. The van der Waals surface area contributed by atoms with Gasteiger partial charge in [0, 0.05) is 22.5 Å². The molecule has 1 aromatic heterocycles. The van der Waals surface area contributed by atoms with Gasteiger partial charge in [0.25, 0.3) is 5.69 Å². The van der Waals surface area contributed by atoms with Crippen molar-refractivity contribution in [2.75, 3.05) is 0 Å². The first kappa shape index (κ1) is 13.1. The first-order chi connectivity index (χ1) is 10.1. The minimum Gasteiger partial charge on any atom is -0.354 e. The fourth-order valence-corrected chi connectivity index (χ4v) is 2.51. The van der Waals surface area contributed by atoms with Crippen molar-refractivity contribution in [3.8, 4) is 11.3 Å². The summed E-state index contributed by atoms with van der Waals surface area (Å²) < 4.78 is 0. The average molecular weight is 280 g/mol. The van der Waals surface area contributed by atoms with Gasteiger partial charge < -0.3 is 4.98 Å². The van der Waals surface area contributed by atoms with Crippen LogP contribution in [0.25, 0.3) is 22.2 Å². The number of H-pyrrole nitrogens is 1. The highest BCUT2D eigenvalue weighted by atomic mass is 16.6. The van der Waals surface area contributed by atoms with E-state index in [1.165, 1.54) is 6.07 Å². The maximum absolute atomic E-state index is 11.5. The smallest absolute Gasteiger partial charge is 0.278 e. The largest absolute Gasteiger partial charge is 0.354 e. The van der Waals surface area contributed by atoms with Crippen LogP contribution in [0.1, 0.15) is 15.9 Å². The summed E-state index contributed by atoms with van der Waals surface area (Å²) in [4.78, 5) is 25.3. The molecule has 1 N–H and O–H groups in total. The number of aromatic amines is 1. The molecule has 104 valence electrons. The molecule has 0 saturated heterocycles. The zero-order valence-corrected chi connectivity index (χ0v) is 11.3. The van der Waals surface area contributed by atoms with Crippen LogP contribution in [0.3, 0.4) is 0 Å². The number of aromatic nitrogens is 1. The number of hydrogen-bond acceptors (Lipinski definition) is 3. The number of carbonyl (C=O) groups excluding carboxylic acids is 1. The van der Waals surface area contributed by atoms with E-state index in [-0.39, 0.29) is 5.69 Å². The van der Waals surface area contributed by atoms with Crippen molar-refractivity contribution in [3.63, 3.8) is 0 Å². The third-order valence-electron chi connectivity index (χ3n) is 3.48. The van der Waals surface area contributed by atoms with Crippen molar-refractivity contribution in [1.29, 1.82) is 0 Å². The molecule has 3 rings (SSSR count). The number of nitrogens with one attached hydrogen (secondary N) is 1. The predicted octanol–water partition coefficient (Wildman–Crippen LogP) is 3.86. The molecule has 21 heavy (non-hydrogen) atoms. The van der Waals surface area contributed by atoms with Crippen LogP contribution in [-0.2, 0) is 0 Å². The standard InChI is InChI=1S/C16H12N2O3/c1-10-6-7-14-12(8-10)13(9-19)16(17-14)11-4-2-3-5-15(11)18(20)21/h2-9,17H,1H3. The van der Waals surface area contributed by atoms with Crippen LogP contribution in [0.2, 0.25) is 0 Å². The maximum Gasteiger partial charge on any atom is 0.278 e. The molecule has 0 atom stereocenters. The number of carbonyl (C=O) groups is 1. The highest BCUT2D eigenvalue weighted by Gasteiger charge is 2.20. The number of nitro groups is 1. The van der Waals surface area contributed by atoms with Crippen molar-refractivity contribution in [2.24, 2.45) is 0 Å². The molecule has 0 radical (unpaired) electrons. The summed E-state index contributed by atoms with van der Waals surface area (Å²) in [7, 11) is 0. The predicted molar refractivity (Wildman–Crippen MR) is 80.5 cm³/mol. The molecule has 0 aliphatic carbocycles. The zero-order valence-electron chi connectivity index (χ0n) is 11.3. The Hall–Kier alpha value is -2.95. The van der Waals surface area contributed by atoms with Gasteiger partial charge in [-0.25, -0.2) is 0 Å². The molecule has 0 aliphatic heterocycles. The minimum absolute atomic E-state index is 0.0242. The van der Waals surface area contributed by atoms with Crippen LogP contribution in [0.5, 0.6) is 0 Å². The van der Waals surface area contributed by atoms with E-state index in [2.05, 4.69) is 4.98 Å². The summed E-state index contributed by atoms with van der Waals surface area (Å²) in [5, 5.41) is 11.9. The number of para-hydroxylation sites is 1. The zero-order chi connectivity index (χ0) is 15.0. The van der Waals surface area contributed by atoms with Gasteiger partial charge in [-0.05, 0) is 25.1 Å². The van der Waals surface area contributed by atoms with Gasteiger partial charge in [-0.1, -0.05) is 23.8 Å². The van der Waals surface area contributed by atoms with Crippen molar-refractivity contribution in [1.82, 2.24) is 4.98 Å². The monoisotopic (exact) mass is 280 g/mol. The van der Waals surface area contributed by atoms with Gasteiger partial charge in [-0.2, -0.15) is 0 Å². The van der Waals surface area contributed by atoms with E-state index in [0.717, 1.165) is 22.8 Å². The van der Waals surface area contributed by atoms with Crippen LogP contribution >= 0.6 is 0 Å². The van der Waals surface area contributed by atoms with Crippen LogP contribution in [0.15, 0.2) is 42.5 Å². The van der Waals surface area contributed by atoms with Gasteiger partial charge in [0.2, 0.25) is 0 Å². The van der Waals surface area contributed by atoms with Crippen LogP contribution in [0.4, 0.5) is 5.69 Å². The van der Waals surface area contributed by atoms with E-state index >= 15 is 0 Å². The lowest BCUT2D eigenvalue weighted by molar-refractivity contribution is -0.384. The molecule has 0 amide bonds. The lowest BCUT2D eigenvalue weighted by atomic mass is 10.0. The minimum atomic E-state index is -0.444. The molecule has 0 bridgehead atoms. The van der Waals surface area contributed by atoms with E-state index in [9.17, 15) is 14.9 Å². The summed E-state index contributed by atoms with van der Waals surface area (Å²) >= 11 is 0. The molecule has 5 heteroatoms. The van der Waals surface area contributed by atoms with Crippen LogP contribution in [0, 0.1) is 17.0 Å². The summed E-state index contributed by atoms with van der Waals surface area (Å²) in [5.74, 6) is 0. The number of nitrogens with zero attached hydrogens (tertiary/aromatic N) is 1. The summed E-state index contributed by atoms with van der Waals surface area (Å²) in [5.41, 5.74) is 3.14. The highest BCUT2D eigenvalue weighted by Crippen LogP contribution is 2.34. The Kier molecular flexibility index (Phi) is 3.02. The molecule has 0 aliphatic rings. The second-order valence-electron chi connectivity index (χ2n) is 4.85. The van der Waals surface area contributed by atoms with Crippen molar-refractivity contribution in [3.05, 3.63) is 63.7 Å². The first-order valence-corrected chi connectivity index (χ1v) is 6.43. The third-order valence-corrected chi connectivity index (χ3v) is 3.48. The summed E-state index contributed by atoms with van der Waals surface area (Å²) in [6, 6.07) is 12.1. The molecule has 0 spiro atoms. The second kappa shape index (κ2) is 4.86. The Balaban J connectivity index is 2.36. The quantitative estimate of drug-likeness (QED) is 0.449. The number of rotatable bonds is 3. The van der Waals surface area contributed by atoms with Gasteiger partial charge in [0.15, 0.2) is 6.29 Å². The molecule has 2 aromatic carbocycles. The van der Waals surface area contributed by atoms with Gasteiger partial charge in [0.1, 0.15) is 0 Å². The number of nitro benzene ring substituents is 1. The maximum atomic E-state index is 11.5. The van der Waals surface area contributed by atoms with Crippen molar-refractivity contribution in [2.45, 2.75) is 6.92 Å². The van der Waals surface area contributed by atoms with E-state index in [4.69, 9.17) is 0 Å². The highest BCUT2D eigenvalue weighted by molar-refractivity contribution is 6.05. The summed E-state index contributed by atoms with van der Waals surface area (Å²) in [6.45, 7) is 1.94. The topological polar surface area (TPSA) is 76.0 Å². The first-order valence-electron chi connectivity index (χ1n) is 6.43. The van der Waals surface area contributed by atoms with Crippen molar-refractivity contribution < 1.29 is 9.72 Å². The Labute approximate surface area is 120 Å². The van der Waals surface area contributed by atoms with Crippen LogP contribution < -0.4 is 0 Å². The molecule has 5 nitrogen and oxygen atoms in total. The van der Waals surface area contributed by atoms with Crippen LogP contribution in [-0.4, -0.2) is 16.2 Å². The molecule has 0 saturated carbocycles. The molecule has 0 unspecified atom stereocenters. The van der Waals surface area contributed by atoms with Gasteiger partial charge in [-0.3, -0.25) is 14.9 Å². The Morgan fingerprint density at radius 2 is 1.95 bits per heavy atom. The number of aryl methyl sites for hydroxylation is 1. The molecule has 3 aromatic rings. The number of hydrogen-bond donors (Lipinski definition) is 1. The molecule has 1 heterocycles. The molecular formula is C16H12N2O3. The fourth-order valence-electron chi connectivity index (χ4n) is 2.51. The number of fused-ring (bicyclic) bond motifs is 1. The second-order valence-corrected chi connectivity index (χ2v) is 4.85.